The molecule has 0 saturated heterocycles. The normalized spacial score (nSPS) is 12.8. The van der Waals surface area contributed by atoms with E-state index < -0.39 is 17.2 Å². The van der Waals surface area contributed by atoms with Crippen molar-refractivity contribution in [2.45, 2.75) is 45.9 Å². The fourth-order valence-corrected chi connectivity index (χ4v) is 0.321. The van der Waals surface area contributed by atoms with E-state index in [-0.39, 0.29) is 0 Å². The van der Waals surface area contributed by atoms with Crippen LogP contribution < -0.4 is 5.48 Å². The van der Waals surface area contributed by atoms with Crippen LogP contribution in [0.4, 0.5) is 4.39 Å². The van der Waals surface area contributed by atoms with Crippen LogP contribution in [0.3, 0.4) is 0 Å². The van der Waals surface area contributed by atoms with Gasteiger partial charge in [0.15, 0.2) is 5.67 Å². The average molecular weight is 177 g/mol. The van der Waals surface area contributed by atoms with Crippen LogP contribution >= 0.6 is 0 Å². The Kier molecular flexibility index (Phi) is 3.21. The van der Waals surface area contributed by atoms with E-state index in [9.17, 15) is 9.18 Å². The summed E-state index contributed by atoms with van der Waals surface area (Å²) in [7, 11) is 0. The van der Waals surface area contributed by atoms with Crippen molar-refractivity contribution in [2.75, 3.05) is 0 Å². The van der Waals surface area contributed by atoms with E-state index in [4.69, 9.17) is 4.84 Å². The maximum absolute atomic E-state index is 12.9. The largest absolute Gasteiger partial charge is 0.280 e. The Morgan fingerprint density at radius 2 is 1.67 bits per heavy atom. The van der Waals surface area contributed by atoms with Crippen molar-refractivity contribution in [1.82, 2.24) is 5.48 Å². The second kappa shape index (κ2) is 3.39. The Labute approximate surface area is 72.2 Å². The highest BCUT2D eigenvalue weighted by Crippen LogP contribution is 2.09. The summed E-state index contributed by atoms with van der Waals surface area (Å²) in [5, 5.41) is 0. The molecule has 0 aromatic carbocycles. The first-order chi connectivity index (χ1) is 5.13. The van der Waals surface area contributed by atoms with Crippen molar-refractivity contribution in [1.29, 1.82) is 0 Å². The highest BCUT2D eigenvalue weighted by atomic mass is 19.1. The maximum atomic E-state index is 12.9. The van der Waals surface area contributed by atoms with Gasteiger partial charge in [-0.25, -0.2) is 9.87 Å². The number of carbonyl (C=O) groups is 1. The first-order valence-electron chi connectivity index (χ1n) is 3.80. The van der Waals surface area contributed by atoms with Gasteiger partial charge < -0.3 is 0 Å². The summed E-state index contributed by atoms with van der Waals surface area (Å²) < 4.78 is 12.9. The second-order valence-corrected chi connectivity index (χ2v) is 4.12. The molecular formula is C8H16FNO2. The molecule has 0 aliphatic rings. The van der Waals surface area contributed by atoms with Crippen molar-refractivity contribution in [3.05, 3.63) is 0 Å². The predicted octanol–water partition coefficient (Wildman–Crippen LogP) is 1.58. The molecule has 4 heteroatoms. The summed E-state index contributed by atoms with van der Waals surface area (Å²) in [5.74, 6) is -0.766. The number of nitrogens with one attached hydrogen (secondary N) is 1. The lowest BCUT2D eigenvalue weighted by atomic mass is 10.1. The van der Waals surface area contributed by atoms with Gasteiger partial charge in [-0.2, -0.15) is 0 Å². The van der Waals surface area contributed by atoms with Crippen molar-refractivity contribution >= 4 is 5.91 Å². The number of hydrogen-bond acceptors (Lipinski definition) is 2. The van der Waals surface area contributed by atoms with Crippen LogP contribution in [0.1, 0.15) is 34.6 Å². The Balaban J connectivity index is 3.90. The third-order valence-electron chi connectivity index (χ3n) is 0.990. The molecule has 0 aliphatic heterocycles. The first kappa shape index (κ1) is 11.4. The molecule has 3 nitrogen and oxygen atoms in total. The van der Waals surface area contributed by atoms with Crippen molar-refractivity contribution < 1.29 is 14.0 Å². The number of rotatable bonds is 2. The van der Waals surface area contributed by atoms with E-state index in [1.54, 1.807) is 20.8 Å². The molecule has 0 aliphatic carbocycles. The van der Waals surface area contributed by atoms with Crippen molar-refractivity contribution in [3.8, 4) is 0 Å². The van der Waals surface area contributed by atoms with E-state index in [1.165, 1.54) is 13.8 Å². The third-order valence-corrected chi connectivity index (χ3v) is 0.990. The zero-order chi connectivity index (χ0) is 9.99. The van der Waals surface area contributed by atoms with E-state index in [0.29, 0.717) is 0 Å². The number of halogens is 1. The van der Waals surface area contributed by atoms with Crippen LogP contribution in [0.2, 0.25) is 0 Å². The van der Waals surface area contributed by atoms with Crippen molar-refractivity contribution in [3.63, 3.8) is 0 Å². The summed E-state index contributed by atoms with van der Waals surface area (Å²) in [5.41, 5.74) is -0.348. The van der Waals surface area contributed by atoms with Crippen molar-refractivity contribution in [2.24, 2.45) is 0 Å². The molecule has 0 bridgehead atoms. The molecule has 12 heavy (non-hydrogen) atoms. The summed E-state index contributed by atoms with van der Waals surface area (Å²) in [6.45, 7) is 7.64. The lowest BCUT2D eigenvalue weighted by Gasteiger charge is -2.21. The minimum absolute atomic E-state index is 0.499. The molecule has 0 fully saturated rings. The smallest absolute Gasteiger partial charge is 0.269 e. The van der Waals surface area contributed by atoms with Crippen LogP contribution in [0, 0.1) is 0 Å². The molecule has 0 rings (SSSR count). The van der Waals surface area contributed by atoms with Gasteiger partial charge in [0.25, 0.3) is 5.91 Å². The van der Waals surface area contributed by atoms with Crippen LogP contribution in [0.25, 0.3) is 0 Å². The summed E-state index contributed by atoms with van der Waals surface area (Å²) >= 11 is 0. The lowest BCUT2D eigenvalue weighted by molar-refractivity contribution is -0.155. The lowest BCUT2D eigenvalue weighted by Crippen LogP contribution is -2.42. The molecule has 0 heterocycles. The van der Waals surface area contributed by atoms with Crippen LogP contribution in [-0.2, 0) is 9.63 Å². The zero-order valence-corrected chi connectivity index (χ0v) is 8.19. The van der Waals surface area contributed by atoms with Gasteiger partial charge in [0, 0.05) is 0 Å². The number of carbonyl (C=O) groups excluding carboxylic acids is 1. The molecule has 0 atom stereocenters. The van der Waals surface area contributed by atoms with Gasteiger partial charge in [-0.1, -0.05) is 0 Å². The molecule has 0 unspecified atom stereocenters. The molecule has 72 valence electrons. The van der Waals surface area contributed by atoms with E-state index >= 15 is 0 Å². The maximum Gasteiger partial charge on any atom is 0.280 e. The van der Waals surface area contributed by atoms with Gasteiger partial charge >= 0.3 is 0 Å². The molecule has 0 aromatic heterocycles. The van der Waals surface area contributed by atoms with Gasteiger partial charge in [0.1, 0.15) is 0 Å². The summed E-state index contributed by atoms with van der Waals surface area (Å²) in [4.78, 5) is 15.8. The molecule has 1 amide bonds. The molecule has 0 aromatic rings. The monoisotopic (exact) mass is 177 g/mol. The number of hydrogen-bond donors (Lipinski definition) is 1. The summed E-state index contributed by atoms with van der Waals surface area (Å²) in [6.07, 6.45) is 0. The fraction of sp³-hybridized carbons (Fsp3) is 0.875. The van der Waals surface area contributed by atoms with Gasteiger partial charge in [0.05, 0.1) is 5.60 Å². The van der Waals surface area contributed by atoms with Crippen LogP contribution in [0.5, 0.6) is 0 Å². The molecule has 0 radical (unpaired) electrons. The Hall–Kier alpha value is -0.640. The summed E-state index contributed by atoms with van der Waals surface area (Å²) in [6, 6.07) is 0. The van der Waals surface area contributed by atoms with Crippen LogP contribution in [0.15, 0.2) is 0 Å². The predicted molar refractivity (Wildman–Crippen MR) is 44.2 cm³/mol. The highest BCUT2D eigenvalue weighted by Gasteiger charge is 2.27. The Morgan fingerprint density at radius 1 is 1.25 bits per heavy atom. The quantitative estimate of drug-likeness (QED) is 0.650. The van der Waals surface area contributed by atoms with E-state index in [1.807, 2.05) is 5.48 Å². The van der Waals surface area contributed by atoms with Gasteiger partial charge in [-0.05, 0) is 34.6 Å². The first-order valence-corrected chi connectivity index (χ1v) is 3.80. The molecule has 0 spiro atoms. The Bertz CT molecular complexity index is 167. The van der Waals surface area contributed by atoms with E-state index in [0.717, 1.165) is 0 Å². The minimum atomic E-state index is -1.90. The molecular weight excluding hydrogens is 161 g/mol. The topological polar surface area (TPSA) is 38.3 Å². The molecule has 0 saturated carbocycles. The fourth-order valence-electron chi connectivity index (χ4n) is 0.321. The average Bonchev–Trinajstić information content (AvgIpc) is 1.78. The standard InChI is InChI=1S/C8H16FNO2/c1-7(2,3)12-10-6(11)8(4,5)9/h1-5H3,(H,10,11). The number of alkyl halides is 1. The van der Waals surface area contributed by atoms with Gasteiger partial charge in [-0.3, -0.25) is 9.63 Å². The zero-order valence-electron chi connectivity index (χ0n) is 8.19. The second-order valence-electron chi connectivity index (χ2n) is 4.12. The van der Waals surface area contributed by atoms with E-state index in [2.05, 4.69) is 0 Å². The third kappa shape index (κ3) is 5.07. The minimum Gasteiger partial charge on any atom is -0.269 e. The SMILES string of the molecule is CC(C)(C)ONC(=O)C(C)(C)F. The van der Waals surface area contributed by atoms with Crippen LogP contribution in [-0.4, -0.2) is 17.2 Å². The highest BCUT2D eigenvalue weighted by molar-refractivity contribution is 5.83. The van der Waals surface area contributed by atoms with Gasteiger partial charge in [0.2, 0.25) is 0 Å². The molecule has 1 N–H and O–H groups in total. The number of amides is 1. The Morgan fingerprint density at radius 3 is 1.92 bits per heavy atom. The number of hydroxylamine groups is 1. The van der Waals surface area contributed by atoms with Gasteiger partial charge in [-0.15, -0.1) is 0 Å².